The van der Waals surface area contributed by atoms with Crippen LogP contribution in [0.1, 0.15) is 32.1 Å². The summed E-state index contributed by atoms with van der Waals surface area (Å²) in [5, 5.41) is 11.3. The Kier molecular flexibility index (Phi) is 5.00. The predicted octanol–water partition coefficient (Wildman–Crippen LogP) is 3.06. The molecule has 2 aliphatic rings. The Balaban J connectivity index is 1.70. The molecule has 1 aliphatic heterocycles. The third kappa shape index (κ3) is 3.58. The van der Waals surface area contributed by atoms with Crippen molar-refractivity contribution < 1.29 is 9.66 Å². The molecule has 23 heavy (non-hydrogen) atoms. The number of piperazine rings is 1. The highest BCUT2D eigenvalue weighted by Gasteiger charge is 2.28. The molecular weight excluding hydrogens is 294 g/mol. The van der Waals surface area contributed by atoms with Crippen LogP contribution in [-0.2, 0) is 0 Å². The highest BCUT2D eigenvalue weighted by Crippen LogP contribution is 2.33. The van der Waals surface area contributed by atoms with Crippen LogP contribution in [0.3, 0.4) is 0 Å². The monoisotopic (exact) mass is 319 g/mol. The van der Waals surface area contributed by atoms with E-state index in [4.69, 9.17) is 4.74 Å². The van der Waals surface area contributed by atoms with Gasteiger partial charge in [0, 0.05) is 44.4 Å². The second kappa shape index (κ2) is 7.17. The molecule has 1 saturated heterocycles. The topological polar surface area (TPSA) is 58.9 Å². The molecule has 0 spiro atoms. The van der Waals surface area contributed by atoms with E-state index in [1.807, 2.05) is 0 Å². The van der Waals surface area contributed by atoms with Crippen LogP contribution in [0.15, 0.2) is 18.2 Å². The Morgan fingerprint density at radius 2 is 1.83 bits per heavy atom. The zero-order valence-corrected chi connectivity index (χ0v) is 13.7. The Hall–Kier alpha value is -1.82. The summed E-state index contributed by atoms with van der Waals surface area (Å²) in [7, 11) is 1.59. The van der Waals surface area contributed by atoms with E-state index in [0.717, 1.165) is 26.2 Å². The fourth-order valence-corrected chi connectivity index (χ4v) is 3.81. The van der Waals surface area contributed by atoms with Crippen LogP contribution in [0.25, 0.3) is 0 Å². The number of hydrogen-bond acceptors (Lipinski definition) is 5. The average Bonchev–Trinajstić information content (AvgIpc) is 2.62. The summed E-state index contributed by atoms with van der Waals surface area (Å²) in [6.07, 6.45) is 6.66. The molecule has 6 heteroatoms. The molecule has 0 radical (unpaired) electrons. The van der Waals surface area contributed by atoms with E-state index in [-0.39, 0.29) is 10.6 Å². The van der Waals surface area contributed by atoms with Crippen molar-refractivity contribution in [3.05, 3.63) is 28.3 Å². The van der Waals surface area contributed by atoms with Crippen LogP contribution >= 0.6 is 0 Å². The summed E-state index contributed by atoms with van der Waals surface area (Å²) in [6.45, 7) is 3.65. The van der Waals surface area contributed by atoms with E-state index >= 15 is 0 Å². The normalized spacial score (nSPS) is 20.5. The molecule has 0 N–H and O–H groups in total. The van der Waals surface area contributed by atoms with Gasteiger partial charge in [-0.25, -0.2) is 0 Å². The van der Waals surface area contributed by atoms with Crippen LogP contribution < -0.4 is 9.64 Å². The van der Waals surface area contributed by atoms with Crippen molar-refractivity contribution in [2.75, 3.05) is 38.2 Å². The number of methoxy groups -OCH3 is 1. The molecule has 1 saturated carbocycles. The molecule has 2 fully saturated rings. The number of hydrogen-bond donors (Lipinski definition) is 0. The molecule has 0 amide bonds. The van der Waals surface area contributed by atoms with Gasteiger partial charge in [-0.15, -0.1) is 0 Å². The quantitative estimate of drug-likeness (QED) is 0.630. The lowest BCUT2D eigenvalue weighted by molar-refractivity contribution is -0.384. The van der Waals surface area contributed by atoms with Gasteiger partial charge in [-0.1, -0.05) is 19.3 Å². The molecule has 1 aromatic rings. The molecule has 1 heterocycles. The molecule has 3 rings (SSSR count). The van der Waals surface area contributed by atoms with Crippen LogP contribution in [0, 0.1) is 10.1 Å². The van der Waals surface area contributed by atoms with Crippen molar-refractivity contribution in [1.82, 2.24) is 4.90 Å². The molecule has 6 nitrogen and oxygen atoms in total. The smallest absolute Gasteiger partial charge is 0.292 e. The second-order valence-corrected chi connectivity index (χ2v) is 6.43. The summed E-state index contributed by atoms with van der Waals surface area (Å²) in [4.78, 5) is 15.7. The number of nitro benzene ring substituents is 1. The van der Waals surface area contributed by atoms with Gasteiger partial charge in [0.1, 0.15) is 11.4 Å². The van der Waals surface area contributed by atoms with Gasteiger partial charge < -0.3 is 9.64 Å². The first-order valence-electron chi connectivity index (χ1n) is 8.50. The van der Waals surface area contributed by atoms with E-state index < -0.39 is 0 Å². The molecule has 126 valence electrons. The predicted molar refractivity (Wildman–Crippen MR) is 90.3 cm³/mol. The maximum absolute atomic E-state index is 11.3. The minimum atomic E-state index is -0.303. The van der Waals surface area contributed by atoms with Crippen molar-refractivity contribution in [1.29, 1.82) is 0 Å². The summed E-state index contributed by atoms with van der Waals surface area (Å²) in [6, 6.07) is 5.70. The molecule has 0 unspecified atom stereocenters. The Morgan fingerprint density at radius 1 is 1.13 bits per heavy atom. The maximum Gasteiger partial charge on any atom is 0.292 e. The van der Waals surface area contributed by atoms with Gasteiger partial charge in [0.2, 0.25) is 0 Å². The minimum absolute atomic E-state index is 0.164. The zero-order chi connectivity index (χ0) is 16.2. The largest absolute Gasteiger partial charge is 0.497 e. The number of nitrogens with zero attached hydrogens (tertiary/aromatic N) is 3. The molecular formula is C17H25N3O3. The lowest BCUT2D eigenvalue weighted by Crippen LogP contribution is -2.51. The average molecular weight is 319 g/mol. The molecule has 0 aromatic heterocycles. The van der Waals surface area contributed by atoms with Crippen molar-refractivity contribution in [2.24, 2.45) is 0 Å². The van der Waals surface area contributed by atoms with Gasteiger partial charge in [-0.2, -0.15) is 0 Å². The lowest BCUT2D eigenvalue weighted by atomic mass is 9.94. The van der Waals surface area contributed by atoms with Gasteiger partial charge in [-0.3, -0.25) is 15.0 Å². The van der Waals surface area contributed by atoms with Crippen LogP contribution in [-0.4, -0.2) is 49.2 Å². The summed E-state index contributed by atoms with van der Waals surface area (Å²) < 4.78 is 5.24. The minimum Gasteiger partial charge on any atom is -0.497 e. The van der Waals surface area contributed by atoms with Gasteiger partial charge in [0.25, 0.3) is 5.69 Å². The first-order valence-corrected chi connectivity index (χ1v) is 8.50. The summed E-state index contributed by atoms with van der Waals surface area (Å²) in [5.74, 6) is 0.667. The standard InChI is InChI=1S/C17H25N3O3/c1-23-15-7-8-16(20(21)22)17(13-15)19-11-9-18(10-12-19)14-5-3-2-4-6-14/h7-8,13-14H,2-6,9-12H2,1H3. The number of rotatable bonds is 4. The SMILES string of the molecule is COc1ccc([N+](=O)[O-])c(N2CCN(C3CCCCC3)CC2)c1. The van der Waals surface area contributed by atoms with Gasteiger partial charge in [-0.05, 0) is 18.9 Å². The lowest BCUT2D eigenvalue weighted by Gasteiger charge is -2.41. The Bertz CT molecular complexity index is 550. The number of benzene rings is 1. The number of ether oxygens (including phenoxy) is 1. The van der Waals surface area contributed by atoms with Gasteiger partial charge in [0.15, 0.2) is 0 Å². The molecule has 1 aliphatic carbocycles. The second-order valence-electron chi connectivity index (χ2n) is 6.43. The Morgan fingerprint density at radius 3 is 2.43 bits per heavy atom. The van der Waals surface area contributed by atoms with E-state index in [9.17, 15) is 10.1 Å². The third-order valence-corrected chi connectivity index (χ3v) is 5.13. The van der Waals surface area contributed by atoms with E-state index in [1.54, 1.807) is 25.3 Å². The van der Waals surface area contributed by atoms with E-state index in [2.05, 4.69) is 9.80 Å². The summed E-state index contributed by atoms with van der Waals surface area (Å²) in [5.41, 5.74) is 0.842. The summed E-state index contributed by atoms with van der Waals surface area (Å²) >= 11 is 0. The van der Waals surface area contributed by atoms with Crippen LogP contribution in [0.5, 0.6) is 5.75 Å². The molecule has 1 aromatic carbocycles. The number of nitro groups is 1. The molecule has 0 atom stereocenters. The van der Waals surface area contributed by atoms with Crippen molar-refractivity contribution in [2.45, 2.75) is 38.1 Å². The van der Waals surface area contributed by atoms with Gasteiger partial charge >= 0.3 is 0 Å². The Labute approximate surface area is 137 Å². The van der Waals surface area contributed by atoms with Crippen molar-refractivity contribution in [3.63, 3.8) is 0 Å². The fraction of sp³-hybridized carbons (Fsp3) is 0.647. The van der Waals surface area contributed by atoms with E-state index in [1.165, 1.54) is 32.1 Å². The highest BCUT2D eigenvalue weighted by molar-refractivity contribution is 5.66. The highest BCUT2D eigenvalue weighted by atomic mass is 16.6. The number of anilines is 1. The van der Waals surface area contributed by atoms with Crippen molar-refractivity contribution >= 4 is 11.4 Å². The first kappa shape index (κ1) is 16.1. The van der Waals surface area contributed by atoms with Crippen LogP contribution in [0.4, 0.5) is 11.4 Å². The first-order chi connectivity index (χ1) is 11.2. The maximum atomic E-state index is 11.3. The fourth-order valence-electron chi connectivity index (χ4n) is 3.81. The van der Waals surface area contributed by atoms with E-state index in [0.29, 0.717) is 17.5 Å². The van der Waals surface area contributed by atoms with Crippen molar-refractivity contribution in [3.8, 4) is 5.75 Å². The third-order valence-electron chi connectivity index (χ3n) is 5.13. The zero-order valence-electron chi connectivity index (χ0n) is 13.7. The van der Waals surface area contributed by atoms with Crippen LogP contribution in [0.2, 0.25) is 0 Å². The molecule has 0 bridgehead atoms. The van der Waals surface area contributed by atoms with Gasteiger partial charge in [0.05, 0.1) is 12.0 Å².